The number of carbonyl (C=O) groups excluding carboxylic acids is 1. The van der Waals surface area contributed by atoms with E-state index in [1.54, 1.807) is 24.9 Å². The van der Waals surface area contributed by atoms with Gasteiger partial charge in [0.1, 0.15) is 0 Å². The van der Waals surface area contributed by atoms with E-state index in [2.05, 4.69) is 5.32 Å². The molecule has 116 valence electrons. The summed E-state index contributed by atoms with van der Waals surface area (Å²) in [6, 6.07) is 4.35. The van der Waals surface area contributed by atoms with Crippen molar-refractivity contribution in [3.63, 3.8) is 0 Å². The number of unbranched alkanes of at least 4 members (excludes halogenated alkanes) is 2. The molecule has 0 saturated carbocycles. The van der Waals surface area contributed by atoms with Crippen LogP contribution in [0, 0.1) is 6.92 Å². The third-order valence-electron chi connectivity index (χ3n) is 3.21. The highest BCUT2D eigenvalue weighted by Crippen LogP contribution is 2.17. The zero-order chi connectivity index (χ0) is 15.8. The molecule has 0 aliphatic rings. The van der Waals surface area contributed by atoms with Crippen molar-refractivity contribution in [3.8, 4) is 0 Å². The highest BCUT2D eigenvalue weighted by Gasteiger charge is 2.11. The van der Waals surface area contributed by atoms with Gasteiger partial charge in [0.2, 0.25) is 0 Å². The Balaban J connectivity index is 2.56. The van der Waals surface area contributed by atoms with Gasteiger partial charge in [0.05, 0.1) is 5.56 Å². The summed E-state index contributed by atoms with van der Waals surface area (Å²) in [4.78, 5) is 24.4. The largest absolute Gasteiger partial charge is 0.478 e. The fourth-order valence-electron chi connectivity index (χ4n) is 1.89. The zero-order valence-electron chi connectivity index (χ0n) is 12.4. The maximum Gasteiger partial charge on any atom is 0.335 e. The number of aliphatic hydroxyl groups is 1. The average molecular weight is 294 g/mol. The maximum absolute atomic E-state index is 12.0. The number of carbonyl (C=O) groups is 2. The van der Waals surface area contributed by atoms with Crippen molar-refractivity contribution in [2.45, 2.75) is 26.2 Å². The van der Waals surface area contributed by atoms with Gasteiger partial charge in [-0.25, -0.2) is 9.59 Å². The number of benzene rings is 1. The van der Waals surface area contributed by atoms with E-state index in [1.165, 1.54) is 12.1 Å². The van der Waals surface area contributed by atoms with Crippen molar-refractivity contribution < 1.29 is 19.8 Å². The number of aliphatic hydroxyl groups excluding tert-OH is 1. The van der Waals surface area contributed by atoms with Gasteiger partial charge in [-0.2, -0.15) is 0 Å². The average Bonchev–Trinajstić information content (AvgIpc) is 2.45. The number of rotatable bonds is 7. The van der Waals surface area contributed by atoms with Crippen LogP contribution in [-0.4, -0.2) is 47.3 Å². The van der Waals surface area contributed by atoms with Crippen LogP contribution in [0.3, 0.4) is 0 Å². The Morgan fingerprint density at radius 2 is 1.95 bits per heavy atom. The van der Waals surface area contributed by atoms with Crippen LogP contribution in [0.25, 0.3) is 0 Å². The van der Waals surface area contributed by atoms with E-state index < -0.39 is 5.97 Å². The summed E-state index contributed by atoms with van der Waals surface area (Å²) in [5, 5.41) is 20.4. The third kappa shape index (κ3) is 5.43. The highest BCUT2D eigenvalue weighted by molar-refractivity contribution is 5.92. The molecule has 6 heteroatoms. The van der Waals surface area contributed by atoms with Gasteiger partial charge in [-0.3, -0.25) is 0 Å². The van der Waals surface area contributed by atoms with Gasteiger partial charge in [0.25, 0.3) is 0 Å². The molecule has 0 saturated heterocycles. The van der Waals surface area contributed by atoms with Crippen LogP contribution in [0.15, 0.2) is 18.2 Å². The molecule has 0 heterocycles. The van der Waals surface area contributed by atoms with Crippen molar-refractivity contribution in [2.24, 2.45) is 0 Å². The first-order valence-electron chi connectivity index (χ1n) is 6.92. The molecule has 0 spiro atoms. The number of carboxylic acid groups (broad SMARTS) is 1. The number of nitrogens with one attached hydrogen (secondary N) is 1. The fraction of sp³-hybridized carbons (Fsp3) is 0.467. The lowest BCUT2D eigenvalue weighted by molar-refractivity contribution is 0.0697. The molecule has 0 atom stereocenters. The van der Waals surface area contributed by atoms with E-state index in [4.69, 9.17) is 10.2 Å². The fourth-order valence-corrected chi connectivity index (χ4v) is 1.89. The number of urea groups is 1. The van der Waals surface area contributed by atoms with E-state index in [-0.39, 0.29) is 18.2 Å². The molecule has 0 aliphatic heterocycles. The number of carboxylic acids is 1. The summed E-state index contributed by atoms with van der Waals surface area (Å²) in [6.07, 6.45) is 2.45. The minimum absolute atomic E-state index is 0.172. The third-order valence-corrected chi connectivity index (χ3v) is 3.21. The molecule has 3 N–H and O–H groups in total. The number of amides is 2. The highest BCUT2D eigenvalue weighted by atomic mass is 16.4. The number of aromatic carboxylic acids is 1. The van der Waals surface area contributed by atoms with Crippen LogP contribution < -0.4 is 5.32 Å². The minimum atomic E-state index is -0.989. The molecule has 1 rings (SSSR count). The Kier molecular flexibility index (Phi) is 6.68. The molecule has 6 nitrogen and oxygen atoms in total. The normalized spacial score (nSPS) is 10.2. The molecular weight excluding hydrogens is 272 g/mol. The van der Waals surface area contributed by atoms with E-state index in [0.717, 1.165) is 19.3 Å². The van der Waals surface area contributed by atoms with Crippen molar-refractivity contribution in [2.75, 3.05) is 25.5 Å². The molecule has 0 aromatic heterocycles. The Morgan fingerprint density at radius 1 is 1.24 bits per heavy atom. The van der Waals surface area contributed by atoms with Gasteiger partial charge in [-0.05, 0) is 49.9 Å². The molecule has 1 aromatic rings. The second-order valence-electron chi connectivity index (χ2n) is 4.97. The predicted octanol–water partition coefficient (Wildman–Crippen LogP) is 2.32. The smallest absolute Gasteiger partial charge is 0.335 e. The van der Waals surface area contributed by atoms with Crippen LogP contribution in [0.4, 0.5) is 10.5 Å². The first kappa shape index (κ1) is 17.0. The van der Waals surface area contributed by atoms with Crippen molar-refractivity contribution in [1.29, 1.82) is 0 Å². The van der Waals surface area contributed by atoms with Gasteiger partial charge >= 0.3 is 12.0 Å². The molecule has 0 fully saturated rings. The molecule has 0 bridgehead atoms. The van der Waals surface area contributed by atoms with Crippen LogP contribution in [0.5, 0.6) is 0 Å². The van der Waals surface area contributed by atoms with Crippen molar-refractivity contribution in [3.05, 3.63) is 29.3 Å². The monoisotopic (exact) mass is 294 g/mol. The molecular formula is C15H22N2O4. The van der Waals surface area contributed by atoms with Crippen molar-refractivity contribution in [1.82, 2.24) is 4.90 Å². The van der Waals surface area contributed by atoms with Gasteiger partial charge in [0.15, 0.2) is 0 Å². The van der Waals surface area contributed by atoms with Gasteiger partial charge < -0.3 is 20.4 Å². The van der Waals surface area contributed by atoms with E-state index in [9.17, 15) is 9.59 Å². The first-order valence-corrected chi connectivity index (χ1v) is 6.92. The molecule has 2 amide bonds. The van der Waals surface area contributed by atoms with Crippen LogP contribution in [-0.2, 0) is 0 Å². The lowest BCUT2D eigenvalue weighted by Gasteiger charge is -2.18. The summed E-state index contributed by atoms with van der Waals surface area (Å²) in [6.45, 7) is 2.53. The van der Waals surface area contributed by atoms with Gasteiger partial charge in [0, 0.05) is 25.9 Å². The second-order valence-corrected chi connectivity index (χ2v) is 4.97. The number of hydrogen-bond acceptors (Lipinski definition) is 3. The Bertz CT molecular complexity index is 502. The topological polar surface area (TPSA) is 89.9 Å². The minimum Gasteiger partial charge on any atom is -0.478 e. The van der Waals surface area contributed by atoms with E-state index in [1.807, 2.05) is 0 Å². The van der Waals surface area contributed by atoms with Crippen molar-refractivity contribution >= 4 is 17.7 Å². The van der Waals surface area contributed by atoms with Crippen LogP contribution in [0.1, 0.15) is 35.2 Å². The predicted molar refractivity (Wildman–Crippen MR) is 80.7 cm³/mol. The molecule has 21 heavy (non-hydrogen) atoms. The summed E-state index contributed by atoms with van der Waals surface area (Å²) >= 11 is 0. The lowest BCUT2D eigenvalue weighted by Crippen LogP contribution is -2.32. The number of nitrogens with zero attached hydrogens (tertiary/aromatic N) is 1. The van der Waals surface area contributed by atoms with Gasteiger partial charge in [-0.1, -0.05) is 0 Å². The number of hydrogen-bond donors (Lipinski definition) is 3. The van der Waals surface area contributed by atoms with Crippen LogP contribution in [0.2, 0.25) is 0 Å². The first-order chi connectivity index (χ1) is 9.95. The number of aryl methyl sites for hydroxylation is 1. The van der Waals surface area contributed by atoms with E-state index in [0.29, 0.717) is 17.8 Å². The molecule has 0 radical (unpaired) electrons. The molecule has 0 unspecified atom stereocenters. The summed E-state index contributed by atoms with van der Waals surface area (Å²) in [7, 11) is 1.70. The maximum atomic E-state index is 12.0. The Hall–Kier alpha value is -2.08. The standard InChI is InChI=1S/C15H22N2O4/c1-11-10-12(14(19)20)6-7-13(11)16-15(21)17(2)8-4-3-5-9-18/h6-7,10,18H,3-5,8-9H2,1-2H3,(H,16,21)(H,19,20). The van der Waals surface area contributed by atoms with Gasteiger partial charge in [-0.15, -0.1) is 0 Å². The Labute approximate surface area is 124 Å². The molecule has 1 aromatic carbocycles. The van der Waals surface area contributed by atoms with Crippen LogP contribution >= 0.6 is 0 Å². The van der Waals surface area contributed by atoms with E-state index >= 15 is 0 Å². The SMILES string of the molecule is Cc1cc(C(=O)O)ccc1NC(=O)N(C)CCCCCO. The Morgan fingerprint density at radius 3 is 2.52 bits per heavy atom. The number of anilines is 1. The zero-order valence-corrected chi connectivity index (χ0v) is 12.4. The summed E-state index contributed by atoms with van der Waals surface area (Å²) < 4.78 is 0. The molecule has 0 aliphatic carbocycles. The summed E-state index contributed by atoms with van der Waals surface area (Å²) in [5.74, 6) is -0.989. The second kappa shape index (κ2) is 8.26. The lowest BCUT2D eigenvalue weighted by atomic mass is 10.1. The summed E-state index contributed by atoms with van der Waals surface area (Å²) in [5.41, 5.74) is 1.51. The quantitative estimate of drug-likeness (QED) is 0.673.